The van der Waals surface area contributed by atoms with Crippen LogP contribution in [0.3, 0.4) is 0 Å². The van der Waals surface area contributed by atoms with Crippen molar-refractivity contribution in [3.63, 3.8) is 0 Å². The van der Waals surface area contributed by atoms with Gasteiger partial charge in [-0.25, -0.2) is 0 Å². The number of nitrogens with one attached hydrogen (secondary N) is 1. The minimum atomic E-state index is -0.364. The largest absolute Gasteiger partial charge is 0.494 e. The fourth-order valence-electron chi connectivity index (χ4n) is 2.78. The van der Waals surface area contributed by atoms with Gasteiger partial charge in [0, 0.05) is 0 Å². The fraction of sp³-hybridized carbons (Fsp3) is 0.467. The molecule has 0 aliphatic carbocycles. The van der Waals surface area contributed by atoms with Crippen LogP contribution in [0.4, 0.5) is 5.69 Å². The zero-order valence-electron chi connectivity index (χ0n) is 13.3. The van der Waals surface area contributed by atoms with Gasteiger partial charge in [-0.2, -0.15) is 0 Å². The summed E-state index contributed by atoms with van der Waals surface area (Å²) in [6.07, 6.45) is 1.74. The maximum absolute atomic E-state index is 6.13. The van der Waals surface area contributed by atoms with Crippen molar-refractivity contribution in [3.05, 3.63) is 30.4 Å². The van der Waals surface area contributed by atoms with Crippen LogP contribution in [0.5, 0.6) is 0 Å². The third kappa shape index (κ3) is 1.89. The maximum atomic E-state index is 6.13. The monoisotopic (exact) mass is 298 g/mol. The fourth-order valence-corrected chi connectivity index (χ4v) is 2.78. The Morgan fingerprint density at radius 2 is 1.91 bits per heavy atom. The van der Waals surface area contributed by atoms with E-state index in [4.69, 9.17) is 9.31 Å². The quantitative estimate of drug-likeness (QED) is 0.808. The van der Waals surface area contributed by atoms with Crippen LogP contribution >= 0.6 is 0 Å². The number of nitrogens with zero attached hydrogens (tertiary/aromatic N) is 3. The lowest BCUT2D eigenvalue weighted by Gasteiger charge is -2.32. The predicted octanol–water partition coefficient (Wildman–Crippen LogP) is 1.49. The number of hydrogen-bond acceptors (Lipinski definition) is 5. The van der Waals surface area contributed by atoms with E-state index >= 15 is 0 Å². The summed E-state index contributed by atoms with van der Waals surface area (Å²) in [6, 6.07) is 6.18. The van der Waals surface area contributed by atoms with E-state index in [1.165, 1.54) is 0 Å². The van der Waals surface area contributed by atoms with E-state index in [1.54, 1.807) is 6.33 Å². The Hall–Kier alpha value is -1.86. The van der Waals surface area contributed by atoms with Gasteiger partial charge in [0.05, 0.1) is 29.1 Å². The molecule has 0 unspecified atom stereocenters. The molecule has 6 nitrogen and oxygen atoms in total. The highest BCUT2D eigenvalue weighted by Crippen LogP contribution is 2.37. The molecule has 0 saturated carbocycles. The molecule has 7 heteroatoms. The molecule has 2 aromatic rings. The van der Waals surface area contributed by atoms with Crippen LogP contribution in [0.15, 0.2) is 24.5 Å². The molecule has 1 saturated heterocycles. The first-order valence-corrected chi connectivity index (χ1v) is 7.50. The van der Waals surface area contributed by atoms with E-state index < -0.39 is 0 Å². The van der Waals surface area contributed by atoms with Gasteiger partial charge in [0.2, 0.25) is 0 Å². The lowest BCUT2D eigenvalue weighted by Crippen LogP contribution is -2.41. The summed E-state index contributed by atoms with van der Waals surface area (Å²) in [4.78, 5) is 0. The van der Waals surface area contributed by atoms with Crippen molar-refractivity contribution in [1.82, 2.24) is 14.8 Å². The van der Waals surface area contributed by atoms with Gasteiger partial charge in [-0.05, 0) is 45.3 Å². The summed E-state index contributed by atoms with van der Waals surface area (Å²) < 4.78 is 14.3. The van der Waals surface area contributed by atoms with E-state index in [2.05, 4.69) is 55.3 Å². The molecule has 22 heavy (non-hydrogen) atoms. The Morgan fingerprint density at radius 1 is 1.18 bits per heavy atom. The minimum Gasteiger partial charge on any atom is -0.399 e. The number of rotatable bonds is 1. The number of hydrogen-bond donors (Lipinski definition) is 1. The second-order valence-electron chi connectivity index (χ2n) is 6.84. The maximum Gasteiger partial charge on any atom is 0.494 e. The topological polar surface area (TPSA) is 61.2 Å². The normalized spacial score (nSPS) is 21.2. The SMILES string of the molecule is CC1(C)OB(c2ccc3c(c2)-n2cnnc2CN3)OC1(C)C. The van der Waals surface area contributed by atoms with Gasteiger partial charge >= 0.3 is 7.12 Å². The highest BCUT2D eigenvalue weighted by molar-refractivity contribution is 6.62. The van der Waals surface area contributed by atoms with Crippen LogP contribution in [-0.4, -0.2) is 33.1 Å². The molecule has 1 aromatic carbocycles. The van der Waals surface area contributed by atoms with Gasteiger partial charge < -0.3 is 14.6 Å². The Balaban J connectivity index is 1.73. The molecule has 4 rings (SSSR count). The molecule has 0 radical (unpaired) electrons. The van der Waals surface area contributed by atoms with Gasteiger partial charge in [0.1, 0.15) is 6.33 Å². The average molecular weight is 298 g/mol. The average Bonchev–Trinajstić information content (AvgIpc) is 3.01. The number of benzene rings is 1. The third-order valence-corrected chi connectivity index (χ3v) is 4.86. The van der Waals surface area contributed by atoms with Gasteiger partial charge in [-0.1, -0.05) is 6.07 Å². The van der Waals surface area contributed by atoms with Crippen molar-refractivity contribution in [2.75, 3.05) is 5.32 Å². The number of anilines is 1. The molecule has 0 amide bonds. The molecule has 3 heterocycles. The van der Waals surface area contributed by atoms with Crippen LogP contribution in [-0.2, 0) is 15.9 Å². The van der Waals surface area contributed by atoms with E-state index in [0.717, 1.165) is 22.7 Å². The van der Waals surface area contributed by atoms with Gasteiger partial charge in [0.15, 0.2) is 5.82 Å². The second kappa shape index (κ2) is 4.33. The zero-order valence-corrected chi connectivity index (χ0v) is 13.3. The molecule has 2 aliphatic rings. The molecule has 0 spiro atoms. The molecule has 1 aromatic heterocycles. The standard InChI is InChI=1S/C15H19BN4O2/c1-14(2)15(3,4)22-16(21-14)10-5-6-11-12(7-10)20-9-18-19-13(20)8-17-11/h5-7,9,17H,8H2,1-4H3. The highest BCUT2D eigenvalue weighted by atomic mass is 16.7. The van der Waals surface area contributed by atoms with Crippen LogP contribution in [0.2, 0.25) is 0 Å². The summed E-state index contributed by atoms with van der Waals surface area (Å²) in [5.74, 6) is 0.901. The second-order valence-corrected chi connectivity index (χ2v) is 6.84. The lowest BCUT2D eigenvalue weighted by atomic mass is 9.78. The van der Waals surface area contributed by atoms with Crippen molar-refractivity contribution < 1.29 is 9.31 Å². The van der Waals surface area contributed by atoms with E-state index in [1.807, 2.05) is 10.6 Å². The molecular weight excluding hydrogens is 279 g/mol. The van der Waals surface area contributed by atoms with Gasteiger partial charge in [0.25, 0.3) is 0 Å². The van der Waals surface area contributed by atoms with Crippen molar-refractivity contribution in [2.24, 2.45) is 0 Å². The van der Waals surface area contributed by atoms with E-state index in [9.17, 15) is 0 Å². The van der Waals surface area contributed by atoms with Crippen molar-refractivity contribution in [3.8, 4) is 5.69 Å². The van der Waals surface area contributed by atoms with Gasteiger partial charge in [-0.15, -0.1) is 10.2 Å². The highest BCUT2D eigenvalue weighted by Gasteiger charge is 2.51. The first kappa shape index (κ1) is 13.8. The molecule has 1 N–H and O–H groups in total. The Kier molecular flexibility index (Phi) is 2.71. The van der Waals surface area contributed by atoms with Crippen molar-refractivity contribution >= 4 is 18.3 Å². The molecule has 0 bridgehead atoms. The molecule has 1 fully saturated rings. The first-order chi connectivity index (χ1) is 10.4. The number of fused-ring (bicyclic) bond motifs is 3. The van der Waals surface area contributed by atoms with Crippen LogP contribution < -0.4 is 10.8 Å². The summed E-state index contributed by atoms with van der Waals surface area (Å²) in [6.45, 7) is 8.92. The summed E-state index contributed by atoms with van der Waals surface area (Å²) in [5.41, 5.74) is 2.41. The van der Waals surface area contributed by atoms with Crippen LogP contribution in [0, 0.1) is 0 Å². The molecular formula is C15H19BN4O2. The smallest absolute Gasteiger partial charge is 0.399 e. The zero-order chi connectivity index (χ0) is 15.5. The van der Waals surface area contributed by atoms with Crippen LogP contribution in [0.25, 0.3) is 5.69 Å². The Morgan fingerprint density at radius 3 is 2.64 bits per heavy atom. The predicted molar refractivity (Wildman–Crippen MR) is 84.4 cm³/mol. The Bertz CT molecular complexity index is 725. The van der Waals surface area contributed by atoms with E-state index in [-0.39, 0.29) is 18.3 Å². The van der Waals surface area contributed by atoms with Crippen molar-refractivity contribution in [2.45, 2.75) is 45.4 Å². The third-order valence-electron chi connectivity index (χ3n) is 4.86. The Labute approximate surface area is 130 Å². The van der Waals surface area contributed by atoms with Crippen molar-refractivity contribution in [1.29, 1.82) is 0 Å². The summed E-state index contributed by atoms with van der Waals surface area (Å²) in [7, 11) is -0.364. The molecule has 0 atom stereocenters. The number of aromatic nitrogens is 3. The molecule has 2 aliphatic heterocycles. The summed E-state index contributed by atoms with van der Waals surface area (Å²) in [5, 5.41) is 11.5. The molecule has 114 valence electrons. The first-order valence-electron chi connectivity index (χ1n) is 7.50. The van der Waals surface area contributed by atoms with Gasteiger partial charge in [-0.3, -0.25) is 4.57 Å². The lowest BCUT2D eigenvalue weighted by molar-refractivity contribution is 0.00578. The van der Waals surface area contributed by atoms with E-state index in [0.29, 0.717) is 6.54 Å². The van der Waals surface area contributed by atoms with Crippen LogP contribution in [0.1, 0.15) is 33.5 Å². The minimum absolute atomic E-state index is 0.340. The summed E-state index contributed by atoms with van der Waals surface area (Å²) >= 11 is 0.